The highest BCUT2D eigenvalue weighted by molar-refractivity contribution is 5.93. The lowest BCUT2D eigenvalue weighted by atomic mass is 10.2. The standard InChI is InChI=1S/C15H14N6O2/c1-21(7-5-13-19-10-23-20-13)15(22)11-8-17-14(18-9-11)12-4-2-3-6-16-12/h2-4,6,8-10H,5,7H2,1H3. The molecule has 0 spiro atoms. The summed E-state index contributed by atoms with van der Waals surface area (Å²) in [6, 6.07) is 5.49. The van der Waals surface area contributed by atoms with Crippen LogP contribution in [0.25, 0.3) is 11.5 Å². The average Bonchev–Trinajstić information content (AvgIpc) is 3.13. The van der Waals surface area contributed by atoms with Crippen molar-refractivity contribution in [2.45, 2.75) is 6.42 Å². The Kier molecular flexibility index (Phi) is 4.32. The predicted octanol–water partition coefficient (Wildman–Crippen LogP) is 1.24. The van der Waals surface area contributed by atoms with Gasteiger partial charge in [-0.3, -0.25) is 9.78 Å². The maximum absolute atomic E-state index is 12.3. The van der Waals surface area contributed by atoms with Gasteiger partial charge in [-0.15, -0.1) is 0 Å². The number of amides is 1. The zero-order valence-electron chi connectivity index (χ0n) is 12.5. The fourth-order valence-corrected chi connectivity index (χ4v) is 1.96. The summed E-state index contributed by atoms with van der Waals surface area (Å²) in [6.45, 7) is 0.473. The van der Waals surface area contributed by atoms with Gasteiger partial charge in [0.2, 0.25) is 6.39 Å². The summed E-state index contributed by atoms with van der Waals surface area (Å²) in [5, 5.41) is 3.71. The second-order valence-corrected chi connectivity index (χ2v) is 4.83. The van der Waals surface area contributed by atoms with Crippen molar-refractivity contribution < 1.29 is 9.32 Å². The monoisotopic (exact) mass is 310 g/mol. The van der Waals surface area contributed by atoms with Crippen LogP contribution in [-0.4, -0.2) is 49.5 Å². The summed E-state index contributed by atoms with van der Waals surface area (Å²) in [4.78, 5) is 30.4. The van der Waals surface area contributed by atoms with E-state index >= 15 is 0 Å². The van der Waals surface area contributed by atoms with E-state index in [4.69, 9.17) is 0 Å². The van der Waals surface area contributed by atoms with E-state index in [2.05, 4.69) is 29.6 Å². The Balaban J connectivity index is 1.65. The molecule has 0 unspecified atom stereocenters. The molecule has 3 aromatic rings. The summed E-state index contributed by atoms with van der Waals surface area (Å²) < 4.78 is 4.66. The van der Waals surface area contributed by atoms with E-state index in [0.29, 0.717) is 35.9 Å². The number of likely N-dealkylation sites (N-methyl/N-ethyl adjacent to an activating group) is 1. The van der Waals surface area contributed by atoms with Crippen LogP contribution in [0, 0.1) is 0 Å². The minimum absolute atomic E-state index is 0.166. The van der Waals surface area contributed by atoms with Crippen molar-refractivity contribution in [2.24, 2.45) is 0 Å². The molecule has 23 heavy (non-hydrogen) atoms. The third-order valence-electron chi connectivity index (χ3n) is 3.22. The van der Waals surface area contributed by atoms with Crippen LogP contribution in [-0.2, 0) is 6.42 Å². The van der Waals surface area contributed by atoms with Gasteiger partial charge in [-0.1, -0.05) is 11.2 Å². The molecule has 3 heterocycles. The maximum Gasteiger partial charge on any atom is 0.256 e. The summed E-state index contributed by atoms with van der Waals surface area (Å²) in [6.07, 6.45) is 6.46. The van der Waals surface area contributed by atoms with Gasteiger partial charge >= 0.3 is 0 Å². The zero-order valence-corrected chi connectivity index (χ0v) is 12.5. The number of nitrogens with zero attached hydrogens (tertiary/aromatic N) is 6. The van der Waals surface area contributed by atoms with Gasteiger partial charge in [0.05, 0.1) is 5.56 Å². The van der Waals surface area contributed by atoms with Crippen LogP contribution in [0.2, 0.25) is 0 Å². The van der Waals surface area contributed by atoms with Crippen LogP contribution in [0.5, 0.6) is 0 Å². The fourth-order valence-electron chi connectivity index (χ4n) is 1.96. The van der Waals surface area contributed by atoms with Crippen molar-refractivity contribution in [1.82, 2.24) is 30.0 Å². The molecule has 0 aliphatic heterocycles. The topological polar surface area (TPSA) is 97.9 Å². The van der Waals surface area contributed by atoms with Crippen LogP contribution in [0.3, 0.4) is 0 Å². The van der Waals surface area contributed by atoms with Crippen LogP contribution in [0.4, 0.5) is 0 Å². The largest absolute Gasteiger partial charge is 0.343 e. The molecule has 0 atom stereocenters. The van der Waals surface area contributed by atoms with Crippen molar-refractivity contribution in [2.75, 3.05) is 13.6 Å². The number of carbonyl (C=O) groups is 1. The highest BCUT2D eigenvalue weighted by Gasteiger charge is 2.14. The first kappa shape index (κ1) is 14.8. The Bertz CT molecular complexity index is 758. The van der Waals surface area contributed by atoms with Gasteiger partial charge in [-0.25, -0.2) is 9.97 Å². The summed E-state index contributed by atoms with van der Waals surface area (Å²) in [5.74, 6) is 0.879. The number of rotatable bonds is 5. The number of aromatic nitrogens is 5. The van der Waals surface area contributed by atoms with Crippen molar-refractivity contribution in [3.05, 3.63) is 54.6 Å². The highest BCUT2D eigenvalue weighted by atomic mass is 16.5. The molecule has 116 valence electrons. The lowest BCUT2D eigenvalue weighted by molar-refractivity contribution is 0.0795. The fraction of sp³-hybridized carbons (Fsp3) is 0.200. The molecule has 0 radical (unpaired) electrons. The van der Waals surface area contributed by atoms with E-state index in [0.717, 1.165) is 0 Å². The molecule has 0 bridgehead atoms. The quantitative estimate of drug-likeness (QED) is 0.699. The van der Waals surface area contributed by atoms with Crippen LogP contribution >= 0.6 is 0 Å². The molecule has 3 aromatic heterocycles. The first-order valence-electron chi connectivity index (χ1n) is 6.98. The SMILES string of the molecule is CN(CCc1ncon1)C(=O)c1cnc(-c2ccccn2)nc1. The van der Waals surface area contributed by atoms with Gasteiger partial charge in [-0.05, 0) is 12.1 Å². The van der Waals surface area contributed by atoms with Crippen LogP contribution in [0.1, 0.15) is 16.2 Å². The second-order valence-electron chi connectivity index (χ2n) is 4.83. The molecule has 0 aliphatic rings. The molecule has 1 amide bonds. The van der Waals surface area contributed by atoms with E-state index in [9.17, 15) is 4.79 Å². The first-order valence-corrected chi connectivity index (χ1v) is 6.98. The molecule has 8 nitrogen and oxygen atoms in total. The Morgan fingerprint density at radius 1 is 1.17 bits per heavy atom. The van der Waals surface area contributed by atoms with Gasteiger partial charge in [0, 0.05) is 38.6 Å². The van der Waals surface area contributed by atoms with Crippen molar-refractivity contribution >= 4 is 5.91 Å². The maximum atomic E-state index is 12.3. The lowest BCUT2D eigenvalue weighted by Gasteiger charge is -2.15. The van der Waals surface area contributed by atoms with Crippen molar-refractivity contribution in [3.63, 3.8) is 0 Å². The number of pyridine rings is 1. The molecule has 0 saturated carbocycles. The predicted molar refractivity (Wildman–Crippen MR) is 80.2 cm³/mol. The third-order valence-corrected chi connectivity index (χ3v) is 3.22. The average molecular weight is 310 g/mol. The van der Waals surface area contributed by atoms with Crippen molar-refractivity contribution in [1.29, 1.82) is 0 Å². The van der Waals surface area contributed by atoms with Crippen LogP contribution in [0.15, 0.2) is 47.7 Å². The van der Waals surface area contributed by atoms with Crippen molar-refractivity contribution in [3.8, 4) is 11.5 Å². The van der Waals surface area contributed by atoms with E-state index in [1.54, 1.807) is 18.1 Å². The smallest absolute Gasteiger partial charge is 0.256 e. The molecule has 0 aromatic carbocycles. The normalized spacial score (nSPS) is 10.5. The molecular weight excluding hydrogens is 296 g/mol. The molecule has 0 fully saturated rings. The molecule has 3 rings (SSSR count). The second kappa shape index (κ2) is 6.73. The molecule has 0 aliphatic carbocycles. The van der Waals surface area contributed by atoms with Gasteiger partial charge in [0.1, 0.15) is 5.69 Å². The van der Waals surface area contributed by atoms with E-state index in [-0.39, 0.29) is 5.91 Å². The number of hydrogen-bond donors (Lipinski definition) is 0. The lowest BCUT2D eigenvalue weighted by Crippen LogP contribution is -2.29. The minimum atomic E-state index is -0.166. The highest BCUT2D eigenvalue weighted by Crippen LogP contribution is 2.11. The Morgan fingerprint density at radius 3 is 2.65 bits per heavy atom. The summed E-state index contributed by atoms with van der Waals surface area (Å²) >= 11 is 0. The van der Waals surface area contributed by atoms with E-state index in [1.807, 2.05) is 18.2 Å². The zero-order chi connectivity index (χ0) is 16.1. The van der Waals surface area contributed by atoms with E-state index < -0.39 is 0 Å². The summed E-state index contributed by atoms with van der Waals surface area (Å²) in [5.41, 5.74) is 1.08. The molecule has 0 N–H and O–H groups in total. The Hall–Kier alpha value is -3.16. The van der Waals surface area contributed by atoms with Gasteiger partial charge < -0.3 is 9.42 Å². The first-order chi connectivity index (χ1) is 11.2. The van der Waals surface area contributed by atoms with Crippen LogP contribution < -0.4 is 0 Å². The summed E-state index contributed by atoms with van der Waals surface area (Å²) in [7, 11) is 1.70. The molecule has 8 heteroatoms. The third kappa shape index (κ3) is 3.54. The van der Waals surface area contributed by atoms with Gasteiger partial charge in [0.25, 0.3) is 5.91 Å². The molecular formula is C15H14N6O2. The van der Waals surface area contributed by atoms with Gasteiger partial charge in [-0.2, -0.15) is 4.98 Å². The minimum Gasteiger partial charge on any atom is -0.343 e. The Labute approximate surface area is 132 Å². The van der Waals surface area contributed by atoms with E-state index in [1.165, 1.54) is 18.8 Å². The number of hydrogen-bond acceptors (Lipinski definition) is 7. The van der Waals surface area contributed by atoms with Gasteiger partial charge in [0.15, 0.2) is 11.6 Å². The number of carbonyl (C=O) groups excluding carboxylic acids is 1. The Morgan fingerprint density at radius 2 is 2.00 bits per heavy atom. The molecule has 0 saturated heterocycles.